The van der Waals surface area contributed by atoms with Gasteiger partial charge in [0.05, 0.1) is 23.4 Å². The van der Waals surface area contributed by atoms with Crippen molar-refractivity contribution in [2.45, 2.75) is 6.92 Å². The van der Waals surface area contributed by atoms with Crippen molar-refractivity contribution in [3.05, 3.63) is 51.8 Å². The lowest BCUT2D eigenvalue weighted by atomic mass is 10.2. The molecule has 0 bridgehead atoms. The largest absolute Gasteiger partial charge is 0.495 e. The Labute approximate surface area is 126 Å². The van der Waals surface area contributed by atoms with Gasteiger partial charge < -0.3 is 10.1 Å². The molecule has 104 valence electrons. The molecule has 1 amide bonds. The van der Waals surface area contributed by atoms with Crippen LogP contribution in [0.25, 0.3) is 0 Å². The van der Waals surface area contributed by atoms with Gasteiger partial charge in [0.2, 0.25) is 0 Å². The number of aromatic nitrogens is 1. The summed E-state index contributed by atoms with van der Waals surface area (Å²) in [5, 5.41) is 3.14. The van der Waals surface area contributed by atoms with Crippen molar-refractivity contribution in [3.63, 3.8) is 0 Å². The van der Waals surface area contributed by atoms with Gasteiger partial charge >= 0.3 is 0 Å². The molecule has 0 spiro atoms. The van der Waals surface area contributed by atoms with Gasteiger partial charge in [0, 0.05) is 6.20 Å². The number of pyridine rings is 1. The minimum absolute atomic E-state index is 0.163. The highest BCUT2D eigenvalue weighted by molar-refractivity contribution is 6.41. The normalized spacial score (nSPS) is 10.2. The number of rotatable bonds is 3. The Kier molecular flexibility index (Phi) is 4.47. The molecule has 0 fully saturated rings. The third-order valence-corrected chi connectivity index (χ3v) is 3.35. The highest BCUT2D eigenvalue weighted by Gasteiger charge is 2.12. The van der Waals surface area contributed by atoms with Crippen LogP contribution in [0.3, 0.4) is 0 Å². The van der Waals surface area contributed by atoms with E-state index in [4.69, 9.17) is 27.9 Å². The van der Waals surface area contributed by atoms with Gasteiger partial charge in [0.25, 0.3) is 5.91 Å². The maximum atomic E-state index is 12.1. The number of amides is 1. The Bertz CT molecular complexity index is 660. The Hall–Kier alpha value is -1.78. The van der Waals surface area contributed by atoms with Gasteiger partial charge in [-0.2, -0.15) is 0 Å². The SMILES string of the molecule is COc1cc(C)ccc1NC(=O)c1cnc(Cl)c(Cl)c1. The Morgan fingerprint density at radius 3 is 2.70 bits per heavy atom. The van der Waals surface area contributed by atoms with Crippen molar-refractivity contribution in [1.82, 2.24) is 4.98 Å². The Morgan fingerprint density at radius 1 is 1.30 bits per heavy atom. The molecule has 0 aliphatic rings. The molecule has 1 aromatic heterocycles. The third-order valence-electron chi connectivity index (χ3n) is 2.66. The Balaban J connectivity index is 2.25. The predicted octanol–water partition coefficient (Wildman–Crippen LogP) is 3.96. The standard InChI is InChI=1S/C14H12Cl2N2O2/c1-8-3-4-11(12(5-8)20-2)18-14(19)9-6-10(15)13(16)17-7-9/h3-7H,1-2H3,(H,18,19). The summed E-state index contributed by atoms with van der Waals surface area (Å²) in [6.45, 7) is 1.94. The zero-order chi connectivity index (χ0) is 14.7. The molecule has 0 saturated carbocycles. The van der Waals surface area contributed by atoms with Crippen LogP contribution in [0.2, 0.25) is 10.2 Å². The van der Waals surface area contributed by atoms with Crippen LogP contribution in [0.1, 0.15) is 15.9 Å². The average molecular weight is 311 g/mol. The van der Waals surface area contributed by atoms with Gasteiger partial charge in [0.1, 0.15) is 10.9 Å². The summed E-state index contributed by atoms with van der Waals surface area (Å²) >= 11 is 11.6. The minimum Gasteiger partial charge on any atom is -0.495 e. The minimum atomic E-state index is -0.335. The fraction of sp³-hybridized carbons (Fsp3) is 0.143. The monoisotopic (exact) mass is 310 g/mol. The second kappa shape index (κ2) is 6.11. The molecule has 20 heavy (non-hydrogen) atoms. The quantitative estimate of drug-likeness (QED) is 0.873. The van der Waals surface area contributed by atoms with Crippen LogP contribution >= 0.6 is 23.2 Å². The van der Waals surface area contributed by atoms with E-state index < -0.39 is 0 Å². The number of ether oxygens (including phenoxy) is 1. The van der Waals surface area contributed by atoms with Crippen LogP contribution in [0, 0.1) is 6.92 Å². The van der Waals surface area contributed by atoms with Gasteiger partial charge in [0.15, 0.2) is 0 Å². The van der Waals surface area contributed by atoms with Gasteiger partial charge in [-0.15, -0.1) is 0 Å². The Morgan fingerprint density at radius 2 is 2.05 bits per heavy atom. The first-order valence-electron chi connectivity index (χ1n) is 5.78. The number of carbonyl (C=O) groups excluding carboxylic acids is 1. The topological polar surface area (TPSA) is 51.2 Å². The molecule has 6 heteroatoms. The van der Waals surface area contributed by atoms with E-state index in [0.717, 1.165) is 5.56 Å². The smallest absolute Gasteiger partial charge is 0.257 e. The number of methoxy groups -OCH3 is 1. The molecule has 1 heterocycles. The molecule has 0 aliphatic heterocycles. The first-order chi connectivity index (χ1) is 9.51. The highest BCUT2D eigenvalue weighted by Crippen LogP contribution is 2.26. The molecular formula is C14H12Cl2N2O2. The molecule has 0 aliphatic carbocycles. The highest BCUT2D eigenvalue weighted by atomic mass is 35.5. The fourth-order valence-corrected chi connectivity index (χ4v) is 1.91. The van der Waals surface area contributed by atoms with Crippen molar-refractivity contribution in [2.24, 2.45) is 0 Å². The van der Waals surface area contributed by atoms with Gasteiger partial charge in [-0.3, -0.25) is 4.79 Å². The maximum Gasteiger partial charge on any atom is 0.257 e. The summed E-state index contributed by atoms with van der Waals surface area (Å²) in [7, 11) is 1.55. The van der Waals surface area contributed by atoms with E-state index in [2.05, 4.69) is 10.3 Å². The molecular weight excluding hydrogens is 299 g/mol. The van der Waals surface area contributed by atoms with Crippen molar-refractivity contribution in [2.75, 3.05) is 12.4 Å². The molecule has 0 unspecified atom stereocenters. The number of carbonyl (C=O) groups is 1. The molecule has 0 saturated heterocycles. The lowest BCUT2D eigenvalue weighted by Gasteiger charge is -2.11. The number of hydrogen-bond acceptors (Lipinski definition) is 3. The molecule has 2 aromatic rings. The van der Waals surface area contributed by atoms with Crippen molar-refractivity contribution >= 4 is 34.8 Å². The van der Waals surface area contributed by atoms with Crippen LogP contribution in [-0.2, 0) is 0 Å². The summed E-state index contributed by atoms with van der Waals surface area (Å²) in [6, 6.07) is 6.96. The number of nitrogens with one attached hydrogen (secondary N) is 1. The molecule has 0 radical (unpaired) electrons. The van der Waals surface area contributed by atoms with E-state index in [1.165, 1.54) is 12.3 Å². The van der Waals surface area contributed by atoms with Gasteiger partial charge in [-0.1, -0.05) is 29.3 Å². The zero-order valence-corrected chi connectivity index (χ0v) is 12.4. The van der Waals surface area contributed by atoms with E-state index in [9.17, 15) is 4.79 Å². The predicted molar refractivity (Wildman–Crippen MR) is 79.9 cm³/mol. The van der Waals surface area contributed by atoms with E-state index in [0.29, 0.717) is 17.0 Å². The summed E-state index contributed by atoms with van der Waals surface area (Å²) < 4.78 is 5.23. The summed E-state index contributed by atoms with van der Waals surface area (Å²) in [5.74, 6) is 0.254. The third kappa shape index (κ3) is 3.21. The molecule has 1 N–H and O–H groups in total. The van der Waals surface area contributed by atoms with Crippen molar-refractivity contribution in [3.8, 4) is 5.75 Å². The molecule has 0 atom stereocenters. The van der Waals surface area contributed by atoms with Crippen LogP contribution in [-0.4, -0.2) is 18.0 Å². The van der Waals surface area contributed by atoms with Crippen LogP contribution in [0.15, 0.2) is 30.5 Å². The summed E-state index contributed by atoms with van der Waals surface area (Å²) in [5.41, 5.74) is 1.94. The number of anilines is 1. The van der Waals surface area contributed by atoms with Crippen LogP contribution < -0.4 is 10.1 Å². The number of hydrogen-bond donors (Lipinski definition) is 1. The first kappa shape index (κ1) is 14.6. The lowest BCUT2D eigenvalue weighted by Crippen LogP contribution is -2.13. The van der Waals surface area contributed by atoms with Crippen LogP contribution in [0.4, 0.5) is 5.69 Å². The second-order valence-corrected chi connectivity index (χ2v) is 4.92. The van der Waals surface area contributed by atoms with Crippen LogP contribution in [0.5, 0.6) is 5.75 Å². The maximum absolute atomic E-state index is 12.1. The molecule has 4 nitrogen and oxygen atoms in total. The van der Waals surface area contributed by atoms with Crippen molar-refractivity contribution in [1.29, 1.82) is 0 Å². The first-order valence-corrected chi connectivity index (χ1v) is 6.54. The fourth-order valence-electron chi connectivity index (χ4n) is 1.64. The van der Waals surface area contributed by atoms with Crippen molar-refractivity contribution < 1.29 is 9.53 Å². The number of nitrogens with zero attached hydrogens (tertiary/aromatic N) is 1. The number of aryl methyl sites for hydroxylation is 1. The molecule has 1 aromatic carbocycles. The van der Waals surface area contributed by atoms with E-state index in [-0.39, 0.29) is 16.1 Å². The van der Waals surface area contributed by atoms with E-state index in [1.54, 1.807) is 13.2 Å². The molecule has 2 rings (SSSR count). The number of halogens is 2. The summed E-state index contributed by atoms with van der Waals surface area (Å²) in [4.78, 5) is 16.0. The summed E-state index contributed by atoms with van der Waals surface area (Å²) in [6.07, 6.45) is 1.37. The lowest BCUT2D eigenvalue weighted by molar-refractivity contribution is 0.102. The van der Waals surface area contributed by atoms with E-state index in [1.807, 2.05) is 19.1 Å². The second-order valence-electron chi connectivity index (χ2n) is 4.15. The van der Waals surface area contributed by atoms with E-state index >= 15 is 0 Å². The van der Waals surface area contributed by atoms with Gasteiger partial charge in [-0.05, 0) is 30.7 Å². The zero-order valence-electron chi connectivity index (χ0n) is 10.9. The van der Waals surface area contributed by atoms with Gasteiger partial charge in [-0.25, -0.2) is 4.98 Å². The number of benzene rings is 1. The average Bonchev–Trinajstić information content (AvgIpc) is 2.43.